The van der Waals surface area contributed by atoms with Gasteiger partial charge in [-0.15, -0.1) is 10.2 Å². The van der Waals surface area contributed by atoms with E-state index in [2.05, 4.69) is 29.3 Å². The van der Waals surface area contributed by atoms with Gasteiger partial charge in [-0.2, -0.15) is 4.80 Å². The summed E-state index contributed by atoms with van der Waals surface area (Å²) in [6, 6.07) is 12.1. The van der Waals surface area contributed by atoms with E-state index in [1.54, 1.807) is 4.80 Å². The summed E-state index contributed by atoms with van der Waals surface area (Å²) in [4.78, 5) is 1.66. The van der Waals surface area contributed by atoms with Crippen molar-refractivity contribution in [1.29, 1.82) is 0 Å². The highest BCUT2D eigenvalue weighted by Crippen LogP contribution is 2.21. The van der Waals surface area contributed by atoms with Crippen molar-refractivity contribution in [3.05, 3.63) is 47.5 Å². The molecule has 0 unspecified atom stereocenters. The molecule has 3 aromatic rings. The zero-order chi connectivity index (χ0) is 13.4. The van der Waals surface area contributed by atoms with E-state index in [9.17, 15) is 0 Å². The van der Waals surface area contributed by atoms with Crippen molar-refractivity contribution >= 4 is 16.7 Å². The first-order valence-electron chi connectivity index (χ1n) is 6.40. The molecule has 3 rings (SSSR count). The number of nitrogen functional groups attached to an aromatic ring is 1. The van der Waals surface area contributed by atoms with Gasteiger partial charge in [0.15, 0.2) is 0 Å². The molecule has 0 saturated carbocycles. The Morgan fingerprint density at radius 3 is 2.47 bits per heavy atom. The van der Waals surface area contributed by atoms with Crippen LogP contribution < -0.4 is 5.73 Å². The summed E-state index contributed by atoms with van der Waals surface area (Å²) in [5.41, 5.74) is 11.6. The third-order valence-corrected chi connectivity index (χ3v) is 3.42. The minimum absolute atomic E-state index is 0.751. The van der Waals surface area contributed by atoms with Crippen LogP contribution in [-0.2, 0) is 6.42 Å². The summed E-state index contributed by atoms with van der Waals surface area (Å²) >= 11 is 0. The third-order valence-electron chi connectivity index (χ3n) is 3.42. The summed E-state index contributed by atoms with van der Waals surface area (Å²) in [6.45, 7) is 4.11. The lowest BCUT2D eigenvalue weighted by Gasteiger charge is -2.00. The van der Waals surface area contributed by atoms with Crippen LogP contribution in [0.25, 0.3) is 16.7 Å². The maximum atomic E-state index is 5.89. The molecule has 0 aliphatic rings. The molecule has 1 aromatic heterocycles. The number of benzene rings is 2. The van der Waals surface area contributed by atoms with E-state index < -0.39 is 0 Å². The first-order valence-corrected chi connectivity index (χ1v) is 6.40. The second-order valence-electron chi connectivity index (χ2n) is 4.66. The molecule has 1 heterocycles. The zero-order valence-corrected chi connectivity index (χ0v) is 11.1. The molecule has 0 aliphatic carbocycles. The van der Waals surface area contributed by atoms with Crippen LogP contribution in [0.4, 0.5) is 5.69 Å². The Labute approximate surface area is 111 Å². The minimum Gasteiger partial charge on any atom is -0.398 e. The Balaban J connectivity index is 2.12. The third kappa shape index (κ3) is 1.95. The van der Waals surface area contributed by atoms with Gasteiger partial charge in [0.1, 0.15) is 11.0 Å². The molecule has 4 heteroatoms. The highest BCUT2D eigenvalue weighted by atomic mass is 15.5. The van der Waals surface area contributed by atoms with Crippen LogP contribution in [0.15, 0.2) is 36.4 Å². The summed E-state index contributed by atoms with van der Waals surface area (Å²) in [5.74, 6) is 0. The summed E-state index contributed by atoms with van der Waals surface area (Å²) in [6.07, 6.45) is 1.03. The molecule has 0 fully saturated rings. The lowest BCUT2D eigenvalue weighted by Crippen LogP contribution is -1.98. The lowest BCUT2D eigenvalue weighted by molar-refractivity contribution is 0.764. The topological polar surface area (TPSA) is 56.7 Å². The maximum Gasteiger partial charge on any atom is 0.118 e. The van der Waals surface area contributed by atoms with Gasteiger partial charge in [-0.3, -0.25) is 0 Å². The molecule has 2 aromatic carbocycles. The Morgan fingerprint density at radius 1 is 1.05 bits per heavy atom. The molecule has 0 atom stereocenters. The molecule has 0 spiro atoms. The van der Waals surface area contributed by atoms with Crippen LogP contribution >= 0.6 is 0 Å². The molecule has 2 N–H and O–H groups in total. The van der Waals surface area contributed by atoms with Gasteiger partial charge in [0.05, 0.1) is 5.69 Å². The van der Waals surface area contributed by atoms with E-state index in [1.165, 1.54) is 5.56 Å². The summed E-state index contributed by atoms with van der Waals surface area (Å²) in [5, 5.41) is 9.01. The predicted molar refractivity (Wildman–Crippen MR) is 77.4 cm³/mol. The number of fused-ring (bicyclic) bond motifs is 1. The average molecular weight is 252 g/mol. The van der Waals surface area contributed by atoms with Crippen molar-refractivity contribution in [1.82, 2.24) is 15.0 Å². The Hall–Kier alpha value is -2.36. The fourth-order valence-electron chi connectivity index (χ4n) is 2.11. The number of anilines is 1. The second kappa shape index (κ2) is 4.39. The number of aromatic nitrogens is 3. The van der Waals surface area contributed by atoms with Crippen LogP contribution in [0.3, 0.4) is 0 Å². The number of hydrogen-bond donors (Lipinski definition) is 1. The number of nitrogens with zero attached hydrogens (tertiary/aromatic N) is 3. The van der Waals surface area contributed by atoms with E-state index in [0.717, 1.165) is 34.4 Å². The number of hydrogen-bond acceptors (Lipinski definition) is 3. The fraction of sp³-hybridized carbons (Fsp3) is 0.200. The normalized spacial score (nSPS) is 11.1. The lowest BCUT2D eigenvalue weighted by atomic mass is 10.2. The highest BCUT2D eigenvalue weighted by Gasteiger charge is 2.08. The molecule has 0 bridgehead atoms. The number of rotatable bonds is 2. The van der Waals surface area contributed by atoms with E-state index in [0.29, 0.717) is 0 Å². The van der Waals surface area contributed by atoms with Gasteiger partial charge in [0.2, 0.25) is 0 Å². The largest absolute Gasteiger partial charge is 0.398 e. The van der Waals surface area contributed by atoms with E-state index in [-0.39, 0.29) is 0 Å². The standard InChI is InChI=1S/C15H16N4/c1-3-11-4-6-12(7-5-11)19-17-14-9-8-13(16)10(2)15(14)18-19/h4-9H,3,16H2,1-2H3. The molecule has 96 valence electrons. The maximum absolute atomic E-state index is 5.89. The molecule has 0 amide bonds. The van der Waals surface area contributed by atoms with E-state index in [4.69, 9.17) is 5.73 Å². The minimum atomic E-state index is 0.751. The quantitative estimate of drug-likeness (QED) is 0.713. The van der Waals surface area contributed by atoms with Gasteiger partial charge in [-0.1, -0.05) is 19.1 Å². The van der Waals surface area contributed by atoms with Crippen LogP contribution in [-0.4, -0.2) is 15.0 Å². The summed E-state index contributed by atoms with van der Waals surface area (Å²) < 4.78 is 0. The molecular formula is C15H16N4. The van der Waals surface area contributed by atoms with Gasteiger partial charge in [-0.25, -0.2) is 0 Å². The van der Waals surface area contributed by atoms with Gasteiger partial charge in [0, 0.05) is 11.3 Å². The van der Waals surface area contributed by atoms with Crippen LogP contribution in [0.5, 0.6) is 0 Å². The number of nitrogens with two attached hydrogens (primary N) is 1. The molecule has 0 saturated heterocycles. The SMILES string of the molecule is CCc1ccc(-n2nc3ccc(N)c(C)c3n2)cc1. The van der Waals surface area contributed by atoms with Gasteiger partial charge in [0.25, 0.3) is 0 Å². The first kappa shape index (κ1) is 11.7. The predicted octanol–water partition coefficient (Wildman–Crippen LogP) is 2.87. The average Bonchev–Trinajstić information content (AvgIpc) is 2.88. The van der Waals surface area contributed by atoms with Crippen molar-refractivity contribution < 1.29 is 0 Å². The van der Waals surface area contributed by atoms with E-state index >= 15 is 0 Å². The number of aryl methyl sites for hydroxylation is 2. The fourth-order valence-corrected chi connectivity index (χ4v) is 2.11. The van der Waals surface area contributed by atoms with Crippen molar-refractivity contribution in [2.45, 2.75) is 20.3 Å². The van der Waals surface area contributed by atoms with Crippen LogP contribution in [0.2, 0.25) is 0 Å². The molecule has 19 heavy (non-hydrogen) atoms. The molecular weight excluding hydrogens is 236 g/mol. The Bertz CT molecular complexity index is 726. The van der Waals surface area contributed by atoms with Crippen molar-refractivity contribution in [3.8, 4) is 5.69 Å². The van der Waals surface area contributed by atoms with Crippen LogP contribution in [0, 0.1) is 6.92 Å². The summed E-state index contributed by atoms with van der Waals surface area (Å²) in [7, 11) is 0. The van der Waals surface area contributed by atoms with Crippen molar-refractivity contribution in [3.63, 3.8) is 0 Å². The molecule has 0 radical (unpaired) electrons. The van der Waals surface area contributed by atoms with Crippen LogP contribution in [0.1, 0.15) is 18.1 Å². The Morgan fingerprint density at radius 2 is 1.79 bits per heavy atom. The first-order chi connectivity index (χ1) is 9.19. The molecule has 4 nitrogen and oxygen atoms in total. The zero-order valence-electron chi connectivity index (χ0n) is 11.1. The smallest absolute Gasteiger partial charge is 0.118 e. The van der Waals surface area contributed by atoms with Gasteiger partial charge in [-0.05, 0) is 43.2 Å². The van der Waals surface area contributed by atoms with Crippen molar-refractivity contribution in [2.75, 3.05) is 5.73 Å². The van der Waals surface area contributed by atoms with Gasteiger partial charge >= 0.3 is 0 Å². The van der Waals surface area contributed by atoms with Gasteiger partial charge < -0.3 is 5.73 Å². The monoisotopic (exact) mass is 252 g/mol. The molecule has 0 aliphatic heterocycles. The van der Waals surface area contributed by atoms with Crippen molar-refractivity contribution in [2.24, 2.45) is 0 Å². The Kier molecular flexibility index (Phi) is 2.71. The second-order valence-corrected chi connectivity index (χ2v) is 4.66. The van der Waals surface area contributed by atoms with E-state index in [1.807, 2.05) is 31.2 Å². The highest BCUT2D eigenvalue weighted by molar-refractivity contribution is 5.82.